The number of benzene rings is 1. The molecule has 0 spiro atoms. The largest absolute Gasteiger partial charge is 0.299 e. The molecule has 1 aromatic carbocycles. The molecule has 4 heteroatoms. The van der Waals surface area contributed by atoms with Crippen LogP contribution in [0.4, 0.5) is 0 Å². The molecule has 1 amide bonds. The molecule has 0 atom stereocenters. The highest BCUT2D eigenvalue weighted by Crippen LogP contribution is 2.20. The van der Waals surface area contributed by atoms with Crippen molar-refractivity contribution in [3.63, 3.8) is 0 Å². The van der Waals surface area contributed by atoms with E-state index in [0.29, 0.717) is 5.56 Å². The van der Waals surface area contributed by atoms with Crippen LogP contribution in [0.1, 0.15) is 34.8 Å². The van der Waals surface area contributed by atoms with E-state index in [1.54, 1.807) is 11.5 Å². The maximum Gasteiger partial charge on any atom is 0.274 e. The van der Waals surface area contributed by atoms with Gasteiger partial charge in [0.05, 0.1) is 0 Å². The fourth-order valence-corrected chi connectivity index (χ4v) is 2.30. The molecule has 0 saturated carbocycles. The Bertz CT molecular complexity index is 418. The van der Waals surface area contributed by atoms with E-state index >= 15 is 0 Å². The Hall–Kier alpha value is -1.39. The van der Waals surface area contributed by atoms with Crippen LogP contribution in [-0.2, 0) is 13.0 Å². The highest BCUT2D eigenvalue weighted by atomic mass is 16.5. The van der Waals surface area contributed by atoms with Crippen LogP contribution >= 0.6 is 0 Å². The van der Waals surface area contributed by atoms with Crippen molar-refractivity contribution < 1.29 is 10.0 Å². The lowest BCUT2D eigenvalue weighted by atomic mass is 10.0. The number of amides is 1. The van der Waals surface area contributed by atoms with Gasteiger partial charge in [0.2, 0.25) is 0 Å². The third-order valence-electron chi connectivity index (χ3n) is 3.33. The van der Waals surface area contributed by atoms with Crippen LogP contribution in [0.2, 0.25) is 0 Å². The van der Waals surface area contributed by atoms with Crippen LogP contribution in [0, 0.1) is 0 Å². The van der Waals surface area contributed by atoms with Crippen molar-refractivity contribution in [2.45, 2.75) is 26.3 Å². The summed E-state index contributed by atoms with van der Waals surface area (Å²) < 4.78 is 0. The molecule has 92 valence electrons. The first-order valence-corrected chi connectivity index (χ1v) is 6.03. The fourth-order valence-electron chi connectivity index (χ4n) is 2.30. The molecule has 0 aromatic heterocycles. The molecule has 1 aliphatic rings. The predicted octanol–water partition coefficient (Wildman–Crippen LogP) is 1.57. The van der Waals surface area contributed by atoms with Gasteiger partial charge in [0.25, 0.3) is 5.91 Å². The number of hydrogen-bond donors (Lipinski definition) is 2. The van der Waals surface area contributed by atoms with Gasteiger partial charge < -0.3 is 0 Å². The molecular formula is C13H18N2O2. The number of carbonyl (C=O) groups is 1. The minimum absolute atomic E-state index is 0.440. The average Bonchev–Trinajstić information content (AvgIpc) is 2.58. The van der Waals surface area contributed by atoms with Gasteiger partial charge in [0.15, 0.2) is 0 Å². The number of nitrogens with one attached hydrogen (secondary N) is 1. The molecule has 0 aliphatic carbocycles. The maximum atomic E-state index is 11.3. The topological polar surface area (TPSA) is 52.6 Å². The van der Waals surface area contributed by atoms with Crippen LogP contribution in [0.3, 0.4) is 0 Å². The number of carbonyl (C=O) groups excluding carboxylic acids is 1. The Kier molecular flexibility index (Phi) is 3.76. The number of fused-ring (bicyclic) bond motifs is 1. The van der Waals surface area contributed by atoms with E-state index in [1.807, 2.05) is 12.1 Å². The first kappa shape index (κ1) is 12.1. The summed E-state index contributed by atoms with van der Waals surface area (Å²) in [6.07, 6.45) is 2.11. The van der Waals surface area contributed by atoms with Crippen LogP contribution in [0.15, 0.2) is 18.2 Å². The summed E-state index contributed by atoms with van der Waals surface area (Å²) in [7, 11) is 0. The Morgan fingerprint density at radius 3 is 3.00 bits per heavy atom. The molecule has 1 aliphatic heterocycles. The van der Waals surface area contributed by atoms with Gasteiger partial charge in [-0.3, -0.25) is 14.9 Å². The summed E-state index contributed by atoms with van der Waals surface area (Å²) in [4.78, 5) is 13.7. The van der Waals surface area contributed by atoms with E-state index < -0.39 is 5.91 Å². The van der Waals surface area contributed by atoms with Crippen molar-refractivity contribution >= 4 is 5.91 Å². The van der Waals surface area contributed by atoms with Crippen molar-refractivity contribution in [3.8, 4) is 0 Å². The zero-order chi connectivity index (χ0) is 12.3. The van der Waals surface area contributed by atoms with Crippen LogP contribution in [0.25, 0.3) is 0 Å². The Morgan fingerprint density at radius 2 is 2.29 bits per heavy atom. The summed E-state index contributed by atoms with van der Waals surface area (Å²) in [6.45, 7) is 5.27. The highest BCUT2D eigenvalue weighted by Gasteiger charge is 2.14. The molecule has 0 bridgehead atoms. The summed E-state index contributed by atoms with van der Waals surface area (Å²) in [5, 5.41) is 8.62. The van der Waals surface area contributed by atoms with Crippen molar-refractivity contribution in [1.29, 1.82) is 0 Å². The summed E-state index contributed by atoms with van der Waals surface area (Å²) in [6, 6.07) is 5.65. The van der Waals surface area contributed by atoms with Crippen molar-refractivity contribution in [3.05, 3.63) is 34.9 Å². The average molecular weight is 234 g/mol. The maximum absolute atomic E-state index is 11.3. The van der Waals surface area contributed by atoms with Gasteiger partial charge in [-0.05, 0) is 49.2 Å². The van der Waals surface area contributed by atoms with Gasteiger partial charge in [0.1, 0.15) is 0 Å². The minimum Gasteiger partial charge on any atom is -0.299 e. The second kappa shape index (κ2) is 5.29. The summed E-state index contributed by atoms with van der Waals surface area (Å²) in [5.74, 6) is -0.440. The van der Waals surface area contributed by atoms with Gasteiger partial charge in [-0.15, -0.1) is 0 Å². The number of rotatable bonds is 2. The van der Waals surface area contributed by atoms with E-state index in [-0.39, 0.29) is 0 Å². The summed E-state index contributed by atoms with van der Waals surface area (Å²) >= 11 is 0. The molecule has 1 aromatic rings. The van der Waals surface area contributed by atoms with Crippen molar-refractivity contribution in [1.82, 2.24) is 10.4 Å². The van der Waals surface area contributed by atoms with Gasteiger partial charge in [-0.2, -0.15) is 0 Å². The molecule has 0 fully saturated rings. The smallest absolute Gasteiger partial charge is 0.274 e. The van der Waals surface area contributed by atoms with Gasteiger partial charge in [0, 0.05) is 12.1 Å². The van der Waals surface area contributed by atoms with E-state index in [1.165, 1.54) is 11.1 Å². The van der Waals surface area contributed by atoms with Gasteiger partial charge >= 0.3 is 0 Å². The Morgan fingerprint density at radius 1 is 1.47 bits per heavy atom. The molecule has 1 heterocycles. The molecule has 0 unspecified atom stereocenters. The number of nitrogens with zero attached hydrogens (tertiary/aromatic N) is 1. The number of hydroxylamine groups is 1. The fraction of sp³-hybridized carbons (Fsp3) is 0.462. The van der Waals surface area contributed by atoms with Gasteiger partial charge in [-0.25, -0.2) is 5.48 Å². The van der Waals surface area contributed by atoms with Crippen LogP contribution in [0.5, 0.6) is 0 Å². The monoisotopic (exact) mass is 234 g/mol. The Labute approximate surface area is 101 Å². The van der Waals surface area contributed by atoms with Crippen molar-refractivity contribution in [2.24, 2.45) is 0 Å². The minimum atomic E-state index is -0.440. The molecule has 2 rings (SSSR count). The lowest BCUT2D eigenvalue weighted by molar-refractivity contribution is 0.0706. The normalized spacial score (nSPS) is 16.1. The van der Waals surface area contributed by atoms with E-state index in [0.717, 1.165) is 32.5 Å². The lowest BCUT2D eigenvalue weighted by Gasteiger charge is -2.17. The zero-order valence-corrected chi connectivity index (χ0v) is 10.1. The van der Waals surface area contributed by atoms with E-state index in [9.17, 15) is 4.79 Å². The number of hydrogen-bond acceptors (Lipinski definition) is 3. The van der Waals surface area contributed by atoms with Gasteiger partial charge in [-0.1, -0.05) is 13.0 Å². The lowest BCUT2D eigenvalue weighted by Crippen LogP contribution is -2.22. The SMILES string of the molecule is CCN1CCCc2cc(C(=O)NO)ccc2C1. The standard InChI is InChI=1S/C13H18N2O2/c1-2-15-7-3-4-10-8-11(13(16)14-17)5-6-12(10)9-15/h5-6,8,17H,2-4,7,9H2,1H3,(H,14,16). The van der Waals surface area contributed by atoms with E-state index in [4.69, 9.17) is 5.21 Å². The third-order valence-corrected chi connectivity index (χ3v) is 3.33. The predicted molar refractivity (Wildman–Crippen MR) is 65.0 cm³/mol. The highest BCUT2D eigenvalue weighted by molar-refractivity contribution is 5.93. The second-order valence-corrected chi connectivity index (χ2v) is 4.40. The van der Waals surface area contributed by atoms with Crippen LogP contribution < -0.4 is 5.48 Å². The number of aryl methyl sites for hydroxylation is 1. The molecule has 2 N–H and O–H groups in total. The zero-order valence-electron chi connectivity index (χ0n) is 10.1. The van der Waals surface area contributed by atoms with E-state index in [2.05, 4.69) is 11.8 Å². The molecular weight excluding hydrogens is 216 g/mol. The first-order valence-electron chi connectivity index (χ1n) is 6.03. The molecule has 17 heavy (non-hydrogen) atoms. The summed E-state index contributed by atoms with van der Waals surface area (Å²) in [5.41, 5.74) is 4.71. The molecule has 0 radical (unpaired) electrons. The second-order valence-electron chi connectivity index (χ2n) is 4.40. The molecule has 4 nitrogen and oxygen atoms in total. The van der Waals surface area contributed by atoms with Crippen molar-refractivity contribution in [2.75, 3.05) is 13.1 Å². The molecule has 0 saturated heterocycles. The third kappa shape index (κ3) is 2.65. The Balaban J connectivity index is 2.27. The first-order chi connectivity index (χ1) is 8.24. The van der Waals surface area contributed by atoms with Crippen LogP contribution in [-0.4, -0.2) is 29.1 Å². The quantitative estimate of drug-likeness (QED) is 0.603.